The Labute approximate surface area is 144 Å². The first kappa shape index (κ1) is 20.9. The van der Waals surface area contributed by atoms with Gasteiger partial charge in [0.1, 0.15) is 17.2 Å². The maximum absolute atomic E-state index is 12.2. The van der Waals surface area contributed by atoms with E-state index in [1.165, 1.54) is 0 Å². The van der Waals surface area contributed by atoms with E-state index >= 15 is 0 Å². The molecule has 0 aliphatic rings. The molecule has 1 N–H and O–H groups in total. The summed E-state index contributed by atoms with van der Waals surface area (Å²) in [5.41, 5.74) is -1.71. The third-order valence-corrected chi connectivity index (χ3v) is 2.78. The number of ether oxygens (including phenoxy) is 2. The summed E-state index contributed by atoms with van der Waals surface area (Å²) >= 11 is 1.98. The number of amides is 2. The van der Waals surface area contributed by atoms with Crippen LogP contribution in [0.15, 0.2) is 0 Å². The predicted molar refractivity (Wildman–Crippen MR) is 89.2 cm³/mol. The molecule has 0 radical (unpaired) electrons. The van der Waals surface area contributed by atoms with Gasteiger partial charge in [0.15, 0.2) is 0 Å². The van der Waals surface area contributed by atoms with Crippen molar-refractivity contribution < 1.29 is 29.0 Å². The molecule has 0 spiro atoms. The van der Waals surface area contributed by atoms with E-state index in [1.807, 2.05) is 22.6 Å². The number of carboxylic acids is 1. The molecule has 8 heteroatoms. The van der Waals surface area contributed by atoms with Crippen molar-refractivity contribution in [3.63, 3.8) is 0 Å². The number of hydrogen-bond donors (Lipinski definition) is 1. The van der Waals surface area contributed by atoms with Crippen molar-refractivity contribution in [3.8, 4) is 0 Å². The highest BCUT2D eigenvalue weighted by Gasteiger charge is 2.39. The molecule has 2 amide bonds. The fourth-order valence-corrected chi connectivity index (χ4v) is 2.01. The van der Waals surface area contributed by atoms with E-state index in [9.17, 15) is 19.5 Å². The summed E-state index contributed by atoms with van der Waals surface area (Å²) in [4.78, 5) is 36.4. The Morgan fingerprint density at radius 2 is 1.36 bits per heavy atom. The minimum Gasteiger partial charge on any atom is -0.480 e. The van der Waals surface area contributed by atoms with Gasteiger partial charge in [0.2, 0.25) is 0 Å². The monoisotopic (exact) mass is 429 g/mol. The summed E-state index contributed by atoms with van der Waals surface area (Å²) in [6, 6.07) is -1.33. The topological polar surface area (TPSA) is 93.1 Å². The van der Waals surface area contributed by atoms with E-state index < -0.39 is 35.4 Å². The fraction of sp³-hybridized carbons (Fsp3) is 0.786. The van der Waals surface area contributed by atoms with Gasteiger partial charge in [0, 0.05) is 4.43 Å². The van der Waals surface area contributed by atoms with Gasteiger partial charge in [0.05, 0.1) is 0 Å². The van der Waals surface area contributed by atoms with Crippen molar-refractivity contribution in [2.75, 3.05) is 4.43 Å². The van der Waals surface area contributed by atoms with Crippen LogP contribution in [0.1, 0.15) is 48.0 Å². The van der Waals surface area contributed by atoms with E-state index in [2.05, 4.69) is 0 Å². The number of halogens is 1. The second kappa shape index (κ2) is 7.98. The van der Waals surface area contributed by atoms with Crippen molar-refractivity contribution in [2.45, 2.75) is 65.2 Å². The zero-order chi connectivity index (χ0) is 17.7. The quantitative estimate of drug-likeness (QED) is 0.544. The molecular formula is C14H24INO6. The molecule has 0 saturated carbocycles. The molecule has 0 fully saturated rings. The molecular weight excluding hydrogens is 405 g/mol. The van der Waals surface area contributed by atoms with Gasteiger partial charge in [0.25, 0.3) is 0 Å². The summed E-state index contributed by atoms with van der Waals surface area (Å²) in [6.07, 6.45) is -1.95. The number of nitrogens with zero attached hydrogens (tertiary/aromatic N) is 1. The first-order chi connectivity index (χ1) is 9.78. The Hall–Kier alpha value is -1.06. The highest BCUT2D eigenvalue weighted by Crippen LogP contribution is 2.18. The summed E-state index contributed by atoms with van der Waals surface area (Å²) in [6.45, 7) is 9.79. The highest BCUT2D eigenvalue weighted by atomic mass is 127. The Bertz CT molecular complexity index is 396. The predicted octanol–water partition coefficient (Wildman–Crippen LogP) is 3.44. The lowest BCUT2D eigenvalue weighted by Gasteiger charge is -2.31. The SMILES string of the molecule is CC(C)(C)OC(=O)N(C(=O)OC(C)(C)C)C(CCI)C(=O)O. The maximum atomic E-state index is 12.2. The van der Waals surface area contributed by atoms with Gasteiger partial charge in [-0.1, -0.05) is 22.6 Å². The van der Waals surface area contributed by atoms with Crippen LogP contribution in [0.5, 0.6) is 0 Å². The number of imide groups is 1. The lowest BCUT2D eigenvalue weighted by molar-refractivity contribution is -0.143. The van der Waals surface area contributed by atoms with Crippen molar-refractivity contribution in [2.24, 2.45) is 0 Å². The minimum absolute atomic E-state index is 0.106. The minimum atomic E-state index is -1.33. The molecule has 1 atom stereocenters. The van der Waals surface area contributed by atoms with Crippen LogP contribution in [0.2, 0.25) is 0 Å². The number of carboxylic acid groups (broad SMARTS) is 1. The molecule has 22 heavy (non-hydrogen) atoms. The summed E-state index contributed by atoms with van der Waals surface area (Å²) in [7, 11) is 0. The van der Waals surface area contributed by atoms with Gasteiger partial charge in [-0.05, 0) is 48.0 Å². The van der Waals surface area contributed by atoms with Gasteiger partial charge in [-0.15, -0.1) is 0 Å². The number of carbonyl (C=O) groups is 3. The first-order valence-corrected chi connectivity index (χ1v) is 8.35. The first-order valence-electron chi connectivity index (χ1n) is 6.82. The lowest BCUT2D eigenvalue weighted by Crippen LogP contribution is -2.52. The number of rotatable bonds is 4. The molecule has 128 valence electrons. The number of alkyl halides is 1. The highest BCUT2D eigenvalue weighted by molar-refractivity contribution is 14.1. The van der Waals surface area contributed by atoms with Crippen LogP contribution in [0.3, 0.4) is 0 Å². The molecule has 0 saturated heterocycles. The molecule has 0 heterocycles. The van der Waals surface area contributed by atoms with Crippen LogP contribution in [-0.2, 0) is 14.3 Å². The lowest BCUT2D eigenvalue weighted by atomic mass is 10.2. The van der Waals surface area contributed by atoms with Gasteiger partial charge in [-0.3, -0.25) is 0 Å². The average Bonchev–Trinajstić information content (AvgIpc) is 2.22. The third kappa shape index (κ3) is 7.81. The van der Waals surface area contributed by atoms with E-state index in [0.29, 0.717) is 9.33 Å². The van der Waals surface area contributed by atoms with Crippen LogP contribution in [0.25, 0.3) is 0 Å². The molecule has 0 aromatic heterocycles. The molecule has 0 aromatic rings. The van der Waals surface area contributed by atoms with Crippen LogP contribution >= 0.6 is 22.6 Å². The molecule has 7 nitrogen and oxygen atoms in total. The van der Waals surface area contributed by atoms with E-state index in [4.69, 9.17) is 9.47 Å². The summed E-state index contributed by atoms with van der Waals surface area (Å²) < 4.78 is 10.7. The van der Waals surface area contributed by atoms with E-state index in [-0.39, 0.29) is 6.42 Å². The van der Waals surface area contributed by atoms with Gasteiger partial charge in [-0.2, -0.15) is 4.90 Å². The maximum Gasteiger partial charge on any atom is 0.420 e. The zero-order valence-corrected chi connectivity index (χ0v) is 16.0. The third-order valence-electron chi connectivity index (χ3n) is 2.16. The van der Waals surface area contributed by atoms with Crippen molar-refractivity contribution >= 4 is 40.7 Å². The molecule has 0 rings (SSSR count). The summed E-state index contributed by atoms with van der Waals surface area (Å²) in [5, 5.41) is 9.31. The standard InChI is InChI=1S/C14H24INO6/c1-13(2,3)21-11(19)16(9(7-8-15)10(17)18)12(20)22-14(4,5)6/h9H,7-8H2,1-6H3,(H,17,18). The molecule has 1 unspecified atom stereocenters. The number of carbonyl (C=O) groups excluding carboxylic acids is 2. The van der Waals surface area contributed by atoms with Crippen molar-refractivity contribution in [1.29, 1.82) is 0 Å². The van der Waals surface area contributed by atoms with Gasteiger partial charge >= 0.3 is 18.2 Å². The van der Waals surface area contributed by atoms with Crippen LogP contribution in [0, 0.1) is 0 Å². The second-order valence-corrected chi connectivity index (χ2v) is 7.74. The fourth-order valence-electron chi connectivity index (χ4n) is 1.42. The Morgan fingerprint density at radius 3 is 1.59 bits per heavy atom. The zero-order valence-electron chi connectivity index (χ0n) is 13.8. The Morgan fingerprint density at radius 1 is 1.00 bits per heavy atom. The molecule has 0 aliphatic heterocycles. The van der Waals surface area contributed by atoms with Crippen molar-refractivity contribution in [3.05, 3.63) is 0 Å². The molecule has 0 aromatic carbocycles. The largest absolute Gasteiger partial charge is 0.480 e. The van der Waals surface area contributed by atoms with E-state index in [1.54, 1.807) is 41.5 Å². The van der Waals surface area contributed by atoms with E-state index in [0.717, 1.165) is 0 Å². The number of hydrogen-bond acceptors (Lipinski definition) is 5. The second-order valence-electron chi connectivity index (χ2n) is 6.66. The molecule has 0 aliphatic carbocycles. The van der Waals surface area contributed by atoms with Crippen LogP contribution in [0.4, 0.5) is 9.59 Å². The van der Waals surface area contributed by atoms with Gasteiger partial charge in [-0.25, -0.2) is 14.4 Å². The normalized spacial score (nSPS) is 13.2. The smallest absolute Gasteiger partial charge is 0.420 e. The number of aliphatic carboxylic acids is 1. The van der Waals surface area contributed by atoms with Gasteiger partial charge < -0.3 is 14.6 Å². The van der Waals surface area contributed by atoms with Crippen molar-refractivity contribution in [1.82, 2.24) is 4.90 Å². The summed E-state index contributed by atoms with van der Waals surface area (Å²) in [5.74, 6) is -1.28. The van der Waals surface area contributed by atoms with Crippen LogP contribution in [-0.4, -0.2) is 49.8 Å². The van der Waals surface area contributed by atoms with Crippen LogP contribution < -0.4 is 0 Å². The Kier molecular flexibility index (Phi) is 7.60. The molecule has 0 bridgehead atoms. The Balaban J connectivity index is 5.50. The average molecular weight is 429 g/mol.